The van der Waals surface area contributed by atoms with Crippen LogP contribution in [-0.2, 0) is 16.1 Å². The molecule has 3 N–H and O–H groups in total. The number of nitrogens with one attached hydrogen (secondary N) is 1. The van der Waals surface area contributed by atoms with E-state index in [1.165, 1.54) is 0 Å². The molecule has 1 saturated carbocycles. The SMILES string of the molecule is COc1ccc(CN2CCC(NC(=O)C[C@@H]3CCC[C@H]3N)C2=O)cc1. The average molecular weight is 345 g/mol. The molecule has 3 atom stereocenters. The molecule has 1 aliphatic heterocycles. The molecule has 1 aliphatic carbocycles. The molecule has 2 fully saturated rings. The third-order valence-electron chi connectivity index (χ3n) is 5.33. The Bertz CT molecular complexity index is 617. The predicted molar refractivity (Wildman–Crippen MR) is 94.9 cm³/mol. The Kier molecular flexibility index (Phi) is 5.58. The quantitative estimate of drug-likeness (QED) is 0.817. The van der Waals surface area contributed by atoms with Gasteiger partial charge in [-0.15, -0.1) is 0 Å². The minimum atomic E-state index is -0.400. The molecular formula is C19H27N3O3. The second kappa shape index (κ2) is 7.87. The van der Waals surface area contributed by atoms with Gasteiger partial charge in [0.2, 0.25) is 11.8 Å². The van der Waals surface area contributed by atoms with Crippen molar-refractivity contribution in [3.05, 3.63) is 29.8 Å². The fraction of sp³-hybridized carbons (Fsp3) is 0.579. The summed E-state index contributed by atoms with van der Waals surface area (Å²) in [6, 6.07) is 7.42. The Morgan fingerprint density at radius 2 is 2.04 bits per heavy atom. The predicted octanol–water partition coefficient (Wildman–Crippen LogP) is 1.43. The number of nitrogens with two attached hydrogens (primary N) is 1. The van der Waals surface area contributed by atoms with E-state index in [-0.39, 0.29) is 23.8 Å². The number of hydrogen-bond donors (Lipinski definition) is 2. The molecule has 2 amide bonds. The summed E-state index contributed by atoms with van der Waals surface area (Å²) in [5.74, 6) is 1.01. The third-order valence-corrected chi connectivity index (χ3v) is 5.33. The monoisotopic (exact) mass is 345 g/mol. The van der Waals surface area contributed by atoms with Gasteiger partial charge in [-0.3, -0.25) is 9.59 Å². The van der Waals surface area contributed by atoms with Crippen LogP contribution in [0.5, 0.6) is 5.75 Å². The number of methoxy groups -OCH3 is 1. The summed E-state index contributed by atoms with van der Waals surface area (Å²) in [6.07, 6.45) is 4.20. The first-order valence-corrected chi connectivity index (χ1v) is 9.03. The van der Waals surface area contributed by atoms with Crippen molar-refractivity contribution in [2.45, 2.75) is 50.7 Å². The highest BCUT2D eigenvalue weighted by molar-refractivity contribution is 5.89. The minimum absolute atomic E-state index is 0.000103. The Morgan fingerprint density at radius 3 is 2.68 bits per heavy atom. The van der Waals surface area contributed by atoms with Crippen molar-refractivity contribution < 1.29 is 14.3 Å². The second-order valence-electron chi connectivity index (χ2n) is 7.08. The van der Waals surface area contributed by atoms with Crippen LogP contribution in [0, 0.1) is 5.92 Å². The minimum Gasteiger partial charge on any atom is -0.497 e. The van der Waals surface area contributed by atoms with Crippen LogP contribution in [0.25, 0.3) is 0 Å². The normalized spacial score (nSPS) is 26.1. The highest BCUT2D eigenvalue weighted by Crippen LogP contribution is 2.27. The van der Waals surface area contributed by atoms with Crippen LogP contribution < -0.4 is 15.8 Å². The molecule has 136 valence electrons. The van der Waals surface area contributed by atoms with Gasteiger partial charge in [0.15, 0.2) is 0 Å². The van der Waals surface area contributed by atoms with Crippen LogP contribution in [0.15, 0.2) is 24.3 Å². The van der Waals surface area contributed by atoms with Crippen LogP contribution >= 0.6 is 0 Å². The van der Waals surface area contributed by atoms with Crippen LogP contribution in [-0.4, -0.2) is 42.5 Å². The average Bonchev–Trinajstić information content (AvgIpc) is 3.16. The highest BCUT2D eigenvalue weighted by Gasteiger charge is 2.34. The van der Waals surface area contributed by atoms with Gasteiger partial charge in [-0.1, -0.05) is 18.6 Å². The number of carbonyl (C=O) groups excluding carboxylic acids is 2. The van der Waals surface area contributed by atoms with Crippen molar-refractivity contribution in [2.75, 3.05) is 13.7 Å². The topological polar surface area (TPSA) is 84.7 Å². The number of hydrogen-bond acceptors (Lipinski definition) is 4. The standard InChI is InChI=1S/C19H27N3O3/c1-25-15-7-5-13(6-8-15)12-22-10-9-17(19(22)24)21-18(23)11-14-3-2-4-16(14)20/h5-8,14,16-17H,2-4,9-12,20H2,1H3,(H,21,23)/t14-,16+,17?/m0/s1. The first-order chi connectivity index (χ1) is 12.1. The summed E-state index contributed by atoms with van der Waals surface area (Å²) in [5, 5.41) is 2.90. The van der Waals surface area contributed by atoms with E-state index in [1.54, 1.807) is 12.0 Å². The van der Waals surface area contributed by atoms with Gasteiger partial charge >= 0.3 is 0 Å². The van der Waals surface area contributed by atoms with Gasteiger partial charge in [-0.2, -0.15) is 0 Å². The van der Waals surface area contributed by atoms with E-state index >= 15 is 0 Å². The molecule has 3 rings (SSSR count). The number of nitrogens with zero attached hydrogens (tertiary/aromatic N) is 1. The number of rotatable bonds is 6. The Hall–Kier alpha value is -2.08. The Labute approximate surface area is 148 Å². The molecule has 6 nitrogen and oxygen atoms in total. The molecule has 1 saturated heterocycles. The number of benzene rings is 1. The zero-order valence-corrected chi connectivity index (χ0v) is 14.7. The lowest BCUT2D eigenvalue weighted by atomic mass is 9.99. The Balaban J connectivity index is 1.49. The van der Waals surface area contributed by atoms with Crippen LogP contribution in [0.4, 0.5) is 0 Å². The van der Waals surface area contributed by atoms with E-state index in [4.69, 9.17) is 10.5 Å². The molecule has 1 unspecified atom stereocenters. The summed E-state index contributed by atoms with van der Waals surface area (Å²) in [4.78, 5) is 26.6. The summed E-state index contributed by atoms with van der Waals surface area (Å²) < 4.78 is 5.15. The summed E-state index contributed by atoms with van der Waals surface area (Å²) in [6.45, 7) is 1.22. The lowest BCUT2D eigenvalue weighted by Crippen LogP contribution is -2.42. The molecule has 1 aromatic carbocycles. The smallest absolute Gasteiger partial charge is 0.245 e. The number of likely N-dealkylation sites (tertiary alicyclic amines) is 1. The third kappa shape index (κ3) is 4.31. The van der Waals surface area contributed by atoms with E-state index in [2.05, 4.69) is 5.32 Å². The van der Waals surface area contributed by atoms with Gasteiger partial charge in [0.1, 0.15) is 11.8 Å². The largest absolute Gasteiger partial charge is 0.497 e. The van der Waals surface area contributed by atoms with Gasteiger partial charge in [0.05, 0.1) is 7.11 Å². The zero-order valence-electron chi connectivity index (χ0n) is 14.7. The lowest BCUT2D eigenvalue weighted by molar-refractivity contribution is -0.133. The van der Waals surface area contributed by atoms with E-state index < -0.39 is 6.04 Å². The van der Waals surface area contributed by atoms with Crippen molar-refractivity contribution in [2.24, 2.45) is 11.7 Å². The Morgan fingerprint density at radius 1 is 1.28 bits per heavy atom. The van der Waals surface area contributed by atoms with Crippen molar-refractivity contribution in [1.29, 1.82) is 0 Å². The van der Waals surface area contributed by atoms with Gasteiger partial charge < -0.3 is 20.7 Å². The van der Waals surface area contributed by atoms with Crippen molar-refractivity contribution in [3.63, 3.8) is 0 Å². The molecule has 0 radical (unpaired) electrons. The van der Waals surface area contributed by atoms with Crippen molar-refractivity contribution >= 4 is 11.8 Å². The molecule has 1 aromatic rings. The summed E-state index contributed by atoms with van der Waals surface area (Å²) >= 11 is 0. The molecule has 6 heteroatoms. The molecule has 0 bridgehead atoms. The molecule has 0 spiro atoms. The van der Waals surface area contributed by atoms with Crippen LogP contribution in [0.3, 0.4) is 0 Å². The summed E-state index contributed by atoms with van der Waals surface area (Å²) in [5.41, 5.74) is 7.08. The van der Waals surface area contributed by atoms with E-state index in [0.717, 1.165) is 30.6 Å². The molecule has 2 aliphatic rings. The van der Waals surface area contributed by atoms with Gasteiger partial charge in [-0.05, 0) is 42.9 Å². The fourth-order valence-corrected chi connectivity index (χ4v) is 3.79. The maximum Gasteiger partial charge on any atom is 0.245 e. The zero-order chi connectivity index (χ0) is 17.8. The highest BCUT2D eigenvalue weighted by atomic mass is 16.5. The second-order valence-corrected chi connectivity index (χ2v) is 7.08. The summed E-state index contributed by atoms with van der Waals surface area (Å²) in [7, 11) is 1.63. The first-order valence-electron chi connectivity index (χ1n) is 9.03. The van der Waals surface area contributed by atoms with Gasteiger partial charge in [-0.25, -0.2) is 0 Å². The van der Waals surface area contributed by atoms with E-state index in [0.29, 0.717) is 25.9 Å². The number of amides is 2. The molecule has 1 heterocycles. The van der Waals surface area contributed by atoms with Gasteiger partial charge in [0, 0.05) is 25.6 Å². The van der Waals surface area contributed by atoms with Gasteiger partial charge in [0.25, 0.3) is 0 Å². The first kappa shape index (κ1) is 17.7. The molecule has 25 heavy (non-hydrogen) atoms. The lowest BCUT2D eigenvalue weighted by Gasteiger charge is -2.19. The maximum atomic E-state index is 12.5. The van der Waals surface area contributed by atoms with Crippen molar-refractivity contribution in [1.82, 2.24) is 10.2 Å². The fourth-order valence-electron chi connectivity index (χ4n) is 3.79. The van der Waals surface area contributed by atoms with E-state index in [9.17, 15) is 9.59 Å². The van der Waals surface area contributed by atoms with E-state index in [1.807, 2.05) is 24.3 Å². The number of carbonyl (C=O) groups is 2. The van der Waals surface area contributed by atoms with Crippen molar-refractivity contribution in [3.8, 4) is 5.75 Å². The van der Waals surface area contributed by atoms with Crippen LogP contribution in [0.1, 0.15) is 37.7 Å². The number of ether oxygens (including phenoxy) is 1. The molecular weight excluding hydrogens is 318 g/mol. The van der Waals surface area contributed by atoms with Crippen LogP contribution in [0.2, 0.25) is 0 Å². The maximum absolute atomic E-state index is 12.5. The molecule has 0 aromatic heterocycles.